The maximum atomic E-state index is 11.4. The van der Waals surface area contributed by atoms with Gasteiger partial charge in [0.15, 0.2) is 26.4 Å². The molecular formula is C17H18N2O4S2. The van der Waals surface area contributed by atoms with Crippen molar-refractivity contribution in [1.29, 1.82) is 0 Å². The number of hydrogen-bond acceptors (Lipinski definition) is 5. The Hall–Kier alpha value is -2.32. The summed E-state index contributed by atoms with van der Waals surface area (Å²) in [6, 6.07) is 12.5. The van der Waals surface area contributed by atoms with E-state index in [2.05, 4.69) is 10.6 Å². The number of fused-ring (bicyclic) bond motifs is 1. The maximum absolute atomic E-state index is 11.4. The van der Waals surface area contributed by atoms with E-state index < -0.39 is 9.84 Å². The topological polar surface area (TPSA) is 76.7 Å². The van der Waals surface area contributed by atoms with E-state index in [9.17, 15) is 8.42 Å². The second-order valence-corrected chi connectivity index (χ2v) is 8.06. The minimum Gasteiger partial charge on any atom is -0.454 e. The van der Waals surface area contributed by atoms with Crippen LogP contribution in [-0.2, 0) is 22.9 Å². The molecule has 0 saturated heterocycles. The van der Waals surface area contributed by atoms with Gasteiger partial charge in [0.25, 0.3) is 0 Å². The third kappa shape index (κ3) is 4.61. The summed E-state index contributed by atoms with van der Waals surface area (Å²) in [5.74, 6) is 1.49. The maximum Gasteiger partial charge on any atom is 0.231 e. The second kappa shape index (κ2) is 7.28. The number of thiocarbonyl (C=S) groups is 1. The van der Waals surface area contributed by atoms with Gasteiger partial charge in [-0.2, -0.15) is 0 Å². The quantitative estimate of drug-likeness (QED) is 0.771. The first-order valence-electron chi connectivity index (χ1n) is 7.61. The molecule has 2 aromatic rings. The average Bonchev–Trinajstić information content (AvgIpc) is 3.05. The van der Waals surface area contributed by atoms with Crippen LogP contribution in [0.15, 0.2) is 47.4 Å². The zero-order valence-electron chi connectivity index (χ0n) is 13.6. The predicted molar refractivity (Wildman–Crippen MR) is 98.4 cm³/mol. The number of hydrogen-bond donors (Lipinski definition) is 2. The number of nitrogens with one attached hydrogen (secondary N) is 2. The molecule has 0 amide bonds. The van der Waals surface area contributed by atoms with Crippen molar-refractivity contribution in [2.45, 2.75) is 18.0 Å². The van der Waals surface area contributed by atoms with Crippen LogP contribution in [0.5, 0.6) is 11.5 Å². The van der Waals surface area contributed by atoms with E-state index >= 15 is 0 Å². The normalized spacial score (nSPS) is 12.7. The van der Waals surface area contributed by atoms with Gasteiger partial charge in [-0.3, -0.25) is 0 Å². The van der Waals surface area contributed by atoms with E-state index in [0.717, 1.165) is 22.6 Å². The van der Waals surface area contributed by atoms with Crippen LogP contribution in [0.25, 0.3) is 0 Å². The summed E-state index contributed by atoms with van der Waals surface area (Å²) in [5, 5.41) is 6.74. The Morgan fingerprint density at radius 1 is 1.00 bits per heavy atom. The SMILES string of the molecule is CS(=O)(=O)c1ccc(CNC(=S)NCc2ccc3c(c2)OCO3)cc1. The van der Waals surface area contributed by atoms with Gasteiger partial charge in [0.1, 0.15) is 0 Å². The summed E-state index contributed by atoms with van der Waals surface area (Å²) in [7, 11) is -3.17. The lowest BCUT2D eigenvalue weighted by Gasteiger charge is -2.11. The van der Waals surface area contributed by atoms with E-state index in [1.165, 1.54) is 6.26 Å². The standard InChI is InChI=1S/C17H18N2O4S2/c1-25(20,21)14-5-2-12(3-6-14)9-18-17(24)19-10-13-4-7-15-16(8-13)23-11-22-15/h2-8H,9-11H2,1H3,(H2,18,19,24). The fourth-order valence-corrected chi connectivity index (χ4v) is 3.11. The van der Waals surface area contributed by atoms with Crippen molar-refractivity contribution in [3.63, 3.8) is 0 Å². The summed E-state index contributed by atoms with van der Waals surface area (Å²) in [5.41, 5.74) is 1.98. The molecule has 0 aromatic heterocycles. The average molecular weight is 378 g/mol. The van der Waals surface area contributed by atoms with Gasteiger partial charge in [0, 0.05) is 19.3 Å². The molecule has 25 heavy (non-hydrogen) atoms. The molecule has 3 rings (SSSR count). The van der Waals surface area contributed by atoms with Crippen LogP contribution in [0.3, 0.4) is 0 Å². The fraction of sp³-hybridized carbons (Fsp3) is 0.235. The van der Waals surface area contributed by atoms with Crippen LogP contribution in [0, 0.1) is 0 Å². The van der Waals surface area contributed by atoms with E-state index in [0.29, 0.717) is 23.1 Å². The van der Waals surface area contributed by atoms with Gasteiger partial charge in [-0.25, -0.2) is 8.42 Å². The molecule has 0 radical (unpaired) electrons. The third-order valence-electron chi connectivity index (χ3n) is 3.69. The van der Waals surface area contributed by atoms with E-state index in [1.807, 2.05) is 18.2 Å². The molecule has 2 N–H and O–H groups in total. The monoisotopic (exact) mass is 378 g/mol. The van der Waals surface area contributed by atoms with Crippen molar-refractivity contribution in [2.24, 2.45) is 0 Å². The molecule has 0 atom stereocenters. The van der Waals surface area contributed by atoms with E-state index in [-0.39, 0.29) is 6.79 Å². The first-order valence-corrected chi connectivity index (χ1v) is 9.91. The molecule has 6 nitrogen and oxygen atoms in total. The van der Waals surface area contributed by atoms with Gasteiger partial charge >= 0.3 is 0 Å². The van der Waals surface area contributed by atoms with Gasteiger partial charge in [0.2, 0.25) is 6.79 Å². The Kier molecular flexibility index (Phi) is 5.10. The smallest absolute Gasteiger partial charge is 0.231 e. The van der Waals surface area contributed by atoms with Crippen molar-refractivity contribution in [2.75, 3.05) is 13.0 Å². The predicted octanol–water partition coefficient (Wildman–Crippen LogP) is 1.98. The van der Waals surface area contributed by atoms with Gasteiger partial charge in [-0.1, -0.05) is 18.2 Å². The zero-order valence-corrected chi connectivity index (χ0v) is 15.2. The molecule has 1 heterocycles. The molecule has 2 aromatic carbocycles. The molecule has 132 valence electrons. The summed E-state index contributed by atoms with van der Waals surface area (Å²) >= 11 is 5.26. The third-order valence-corrected chi connectivity index (χ3v) is 5.11. The van der Waals surface area contributed by atoms with Crippen LogP contribution >= 0.6 is 12.2 Å². The highest BCUT2D eigenvalue weighted by molar-refractivity contribution is 7.90. The molecule has 1 aliphatic heterocycles. The summed E-state index contributed by atoms with van der Waals surface area (Å²) in [6.45, 7) is 1.33. The molecule has 0 spiro atoms. The van der Waals surface area contributed by atoms with E-state index in [4.69, 9.17) is 21.7 Å². The highest BCUT2D eigenvalue weighted by Crippen LogP contribution is 2.32. The van der Waals surface area contributed by atoms with Crippen molar-refractivity contribution in [1.82, 2.24) is 10.6 Å². The van der Waals surface area contributed by atoms with Crippen LogP contribution in [-0.4, -0.2) is 26.6 Å². The Balaban J connectivity index is 1.48. The molecule has 0 bridgehead atoms. The minimum absolute atomic E-state index is 0.254. The lowest BCUT2D eigenvalue weighted by molar-refractivity contribution is 0.174. The molecule has 0 aliphatic carbocycles. The lowest BCUT2D eigenvalue weighted by Crippen LogP contribution is -2.34. The zero-order chi connectivity index (χ0) is 17.9. The molecule has 0 fully saturated rings. The van der Waals surface area contributed by atoms with Gasteiger partial charge < -0.3 is 20.1 Å². The number of sulfone groups is 1. The summed E-state index contributed by atoms with van der Waals surface area (Å²) < 4.78 is 33.5. The molecule has 1 aliphatic rings. The summed E-state index contributed by atoms with van der Waals surface area (Å²) in [4.78, 5) is 0.305. The first-order chi connectivity index (χ1) is 11.9. The molecule has 8 heteroatoms. The minimum atomic E-state index is -3.17. The first kappa shape index (κ1) is 17.5. The number of ether oxygens (including phenoxy) is 2. The Labute approximate surface area is 152 Å². The van der Waals surface area contributed by atoms with Crippen LogP contribution in [0.4, 0.5) is 0 Å². The highest BCUT2D eigenvalue weighted by Gasteiger charge is 2.13. The number of rotatable bonds is 5. The van der Waals surface area contributed by atoms with Crippen LogP contribution < -0.4 is 20.1 Å². The van der Waals surface area contributed by atoms with E-state index in [1.54, 1.807) is 24.3 Å². The van der Waals surface area contributed by atoms with Gasteiger partial charge in [0.05, 0.1) is 4.90 Å². The lowest BCUT2D eigenvalue weighted by atomic mass is 10.2. The Bertz CT molecular complexity index is 880. The molecule has 0 saturated carbocycles. The van der Waals surface area contributed by atoms with Crippen molar-refractivity contribution < 1.29 is 17.9 Å². The summed E-state index contributed by atoms with van der Waals surface area (Å²) in [6.07, 6.45) is 1.19. The Morgan fingerprint density at radius 2 is 1.60 bits per heavy atom. The molecule has 0 unspecified atom stereocenters. The second-order valence-electron chi connectivity index (χ2n) is 5.64. The van der Waals surface area contributed by atoms with Crippen molar-refractivity contribution in [3.8, 4) is 11.5 Å². The number of benzene rings is 2. The highest BCUT2D eigenvalue weighted by atomic mass is 32.2. The largest absolute Gasteiger partial charge is 0.454 e. The van der Waals surface area contributed by atoms with Crippen molar-refractivity contribution >= 4 is 27.2 Å². The van der Waals surface area contributed by atoms with Crippen LogP contribution in [0.2, 0.25) is 0 Å². The fourth-order valence-electron chi connectivity index (χ4n) is 2.33. The Morgan fingerprint density at radius 3 is 2.28 bits per heavy atom. The molecular weight excluding hydrogens is 360 g/mol. The van der Waals surface area contributed by atoms with Gasteiger partial charge in [-0.15, -0.1) is 0 Å². The van der Waals surface area contributed by atoms with Gasteiger partial charge in [-0.05, 0) is 47.6 Å². The van der Waals surface area contributed by atoms with Crippen molar-refractivity contribution in [3.05, 3.63) is 53.6 Å². The van der Waals surface area contributed by atoms with Crippen LogP contribution in [0.1, 0.15) is 11.1 Å².